The maximum atomic E-state index is 11.4. The van der Waals surface area contributed by atoms with Gasteiger partial charge in [-0.05, 0) is 108 Å². The van der Waals surface area contributed by atoms with Crippen LogP contribution in [0.2, 0.25) is 0 Å². The van der Waals surface area contributed by atoms with Gasteiger partial charge in [-0.15, -0.1) is 0 Å². The second kappa shape index (κ2) is 7.93. The molecular weight excluding hydrogens is 404 g/mol. The minimum absolute atomic E-state index is 0.298. The Hall–Kier alpha value is -1.76. The van der Waals surface area contributed by atoms with Gasteiger partial charge in [-0.25, -0.2) is 0 Å². The Bertz CT molecular complexity index is 918. The molecule has 0 aliphatic heterocycles. The fourth-order valence-electron chi connectivity index (χ4n) is 4.70. The molecule has 5 N–H and O–H groups in total. The van der Waals surface area contributed by atoms with Crippen LogP contribution in [0.4, 0.5) is 0 Å². The van der Waals surface area contributed by atoms with Crippen molar-refractivity contribution in [2.75, 3.05) is 0 Å². The maximum Gasteiger partial charge on any atom is 0.0850 e. The molecule has 178 valence electrons. The minimum Gasteiger partial charge on any atom is -0.386 e. The van der Waals surface area contributed by atoms with Crippen LogP contribution in [0.1, 0.15) is 97.1 Å². The van der Waals surface area contributed by atoms with E-state index in [4.69, 9.17) is 0 Å². The fourth-order valence-corrected chi connectivity index (χ4v) is 4.70. The van der Waals surface area contributed by atoms with Crippen molar-refractivity contribution < 1.29 is 25.5 Å². The Morgan fingerprint density at radius 2 is 0.656 bits per heavy atom. The molecule has 0 aliphatic rings. The van der Waals surface area contributed by atoms with E-state index in [1.54, 1.807) is 69.2 Å². The third kappa shape index (κ3) is 5.08. The van der Waals surface area contributed by atoms with Gasteiger partial charge in [0.05, 0.1) is 28.0 Å². The van der Waals surface area contributed by atoms with Crippen molar-refractivity contribution in [3.63, 3.8) is 0 Å². The molecule has 0 saturated heterocycles. The van der Waals surface area contributed by atoms with E-state index in [-0.39, 0.29) is 0 Å². The molecule has 0 amide bonds. The molecule has 2 aromatic carbocycles. The van der Waals surface area contributed by atoms with Crippen LogP contribution < -0.4 is 0 Å². The van der Waals surface area contributed by atoms with E-state index in [1.165, 1.54) is 0 Å². The van der Waals surface area contributed by atoms with Gasteiger partial charge in [0.25, 0.3) is 0 Å². The lowest BCUT2D eigenvalue weighted by Gasteiger charge is -2.43. The highest BCUT2D eigenvalue weighted by atomic mass is 16.3. The first-order valence-electron chi connectivity index (χ1n) is 11.0. The molecule has 5 nitrogen and oxygen atoms in total. The van der Waals surface area contributed by atoms with E-state index >= 15 is 0 Å². The van der Waals surface area contributed by atoms with Gasteiger partial charge in [0.15, 0.2) is 0 Å². The number of hydrogen-bond acceptors (Lipinski definition) is 5. The predicted molar refractivity (Wildman–Crippen MR) is 128 cm³/mol. The second-order valence-corrected chi connectivity index (χ2v) is 11.4. The molecule has 0 spiro atoms. The maximum absolute atomic E-state index is 11.4. The Morgan fingerprint density at radius 3 is 0.906 bits per heavy atom. The van der Waals surface area contributed by atoms with E-state index < -0.39 is 28.0 Å². The van der Waals surface area contributed by atoms with Crippen molar-refractivity contribution in [1.29, 1.82) is 0 Å². The quantitative estimate of drug-likeness (QED) is 0.452. The summed E-state index contributed by atoms with van der Waals surface area (Å²) in [6, 6.07) is 9.32. The zero-order valence-electron chi connectivity index (χ0n) is 21.1. The minimum atomic E-state index is -1.50. The van der Waals surface area contributed by atoms with Crippen LogP contribution in [0.25, 0.3) is 11.1 Å². The lowest BCUT2D eigenvalue weighted by Crippen LogP contribution is -2.39. The van der Waals surface area contributed by atoms with E-state index in [1.807, 2.05) is 30.3 Å². The number of hydrogen-bond donors (Lipinski definition) is 5. The molecule has 2 rings (SSSR count). The average Bonchev–Trinajstić information content (AvgIpc) is 2.55. The fraction of sp³-hybridized carbons (Fsp3) is 0.556. The van der Waals surface area contributed by atoms with Crippen LogP contribution in [-0.4, -0.2) is 25.5 Å². The molecule has 0 saturated carbocycles. The topological polar surface area (TPSA) is 101 Å². The van der Waals surface area contributed by atoms with Crippen molar-refractivity contribution in [2.24, 2.45) is 0 Å². The Kier molecular flexibility index (Phi) is 6.56. The van der Waals surface area contributed by atoms with E-state index in [0.29, 0.717) is 33.4 Å². The first-order valence-corrected chi connectivity index (χ1v) is 11.0. The summed E-state index contributed by atoms with van der Waals surface area (Å²) >= 11 is 0. The van der Waals surface area contributed by atoms with Gasteiger partial charge in [-0.2, -0.15) is 0 Å². The van der Waals surface area contributed by atoms with Gasteiger partial charge in [0, 0.05) is 0 Å². The summed E-state index contributed by atoms with van der Waals surface area (Å²) in [5.41, 5.74) is -4.32. The summed E-state index contributed by atoms with van der Waals surface area (Å²) in [6.07, 6.45) is 0. The highest BCUT2D eigenvalue weighted by molar-refractivity contribution is 5.79. The van der Waals surface area contributed by atoms with Crippen LogP contribution in [0.3, 0.4) is 0 Å². The van der Waals surface area contributed by atoms with Crippen molar-refractivity contribution in [3.05, 3.63) is 58.1 Å². The van der Waals surface area contributed by atoms with Gasteiger partial charge in [-0.1, -0.05) is 30.3 Å². The normalized spacial score (nSPS) is 14.1. The summed E-state index contributed by atoms with van der Waals surface area (Å²) in [6.45, 7) is 16.0. The average molecular weight is 445 g/mol. The summed E-state index contributed by atoms with van der Waals surface area (Å²) in [7, 11) is 0. The largest absolute Gasteiger partial charge is 0.386 e. The standard InChI is InChI=1S/C27H40O5/c1-23(2,28)18-17(16-14-12-11-13-15-16)19(24(3,4)29)21(26(7,8)31)22(27(9,10)32)20(18)25(5,6)30/h11-15,28-32H,1-10H3. The predicted octanol–water partition coefficient (Wildman–Crippen LogP) is 4.49. The molecular formula is C27H40O5. The zero-order valence-corrected chi connectivity index (χ0v) is 21.1. The van der Waals surface area contributed by atoms with Crippen molar-refractivity contribution in [3.8, 4) is 11.1 Å². The van der Waals surface area contributed by atoms with Gasteiger partial charge in [0.1, 0.15) is 0 Å². The third-order valence-corrected chi connectivity index (χ3v) is 5.62. The van der Waals surface area contributed by atoms with Crippen molar-refractivity contribution in [2.45, 2.75) is 97.2 Å². The van der Waals surface area contributed by atoms with Crippen molar-refractivity contribution >= 4 is 0 Å². The molecule has 0 unspecified atom stereocenters. The molecule has 0 aromatic heterocycles. The monoisotopic (exact) mass is 444 g/mol. The number of rotatable bonds is 6. The molecule has 32 heavy (non-hydrogen) atoms. The van der Waals surface area contributed by atoms with E-state index in [2.05, 4.69) is 0 Å². The smallest absolute Gasteiger partial charge is 0.0850 e. The summed E-state index contributed by atoms with van der Waals surface area (Å²) in [5, 5.41) is 56.9. The molecule has 0 aliphatic carbocycles. The van der Waals surface area contributed by atoms with Crippen LogP contribution in [0.5, 0.6) is 0 Å². The second-order valence-electron chi connectivity index (χ2n) is 11.4. The van der Waals surface area contributed by atoms with Gasteiger partial charge < -0.3 is 25.5 Å². The third-order valence-electron chi connectivity index (χ3n) is 5.62. The summed E-state index contributed by atoms with van der Waals surface area (Å²) in [4.78, 5) is 0. The number of aliphatic hydroxyl groups is 5. The summed E-state index contributed by atoms with van der Waals surface area (Å²) in [5.74, 6) is 0. The molecule has 2 aromatic rings. The Balaban J connectivity index is 3.52. The first-order chi connectivity index (χ1) is 14.1. The molecule has 0 atom stereocenters. The molecule has 5 heteroatoms. The Labute approximate surface area is 192 Å². The van der Waals surface area contributed by atoms with Crippen LogP contribution in [0, 0.1) is 0 Å². The van der Waals surface area contributed by atoms with Crippen molar-refractivity contribution in [1.82, 2.24) is 0 Å². The van der Waals surface area contributed by atoms with Gasteiger partial charge in [0.2, 0.25) is 0 Å². The first kappa shape index (κ1) is 26.5. The molecule has 0 radical (unpaired) electrons. The van der Waals surface area contributed by atoms with Crippen LogP contribution in [-0.2, 0) is 28.0 Å². The van der Waals surface area contributed by atoms with Gasteiger partial charge in [-0.3, -0.25) is 0 Å². The highest BCUT2D eigenvalue weighted by Gasteiger charge is 2.45. The van der Waals surface area contributed by atoms with E-state index in [0.717, 1.165) is 5.56 Å². The molecule has 0 bridgehead atoms. The molecule has 0 fully saturated rings. The van der Waals surface area contributed by atoms with Crippen LogP contribution in [0.15, 0.2) is 30.3 Å². The molecule has 0 heterocycles. The SMILES string of the molecule is CC(C)(O)c1c(-c2ccccc2)c(C(C)(C)O)c(C(C)(C)O)c(C(C)(C)O)c1C(C)(C)O. The van der Waals surface area contributed by atoms with E-state index in [9.17, 15) is 25.5 Å². The summed E-state index contributed by atoms with van der Waals surface area (Å²) < 4.78 is 0. The lowest BCUT2D eigenvalue weighted by molar-refractivity contribution is 0.0228. The van der Waals surface area contributed by atoms with Crippen LogP contribution >= 0.6 is 0 Å². The zero-order chi connectivity index (χ0) is 25.1. The highest BCUT2D eigenvalue weighted by Crippen LogP contribution is 2.52. The lowest BCUT2D eigenvalue weighted by atomic mass is 9.66. The number of benzene rings is 2. The van der Waals surface area contributed by atoms with Gasteiger partial charge >= 0.3 is 0 Å². The Morgan fingerprint density at radius 1 is 0.406 bits per heavy atom.